The molecule has 0 bridgehead atoms. The molecule has 30 heavy (non-hydrogen) atoms. The standard InChI is InChI=1S/C22H20FN5O2/c23-17-4-1-3-16(11-17)20-14-28-19(12-26-20)13-27-21(28)15-5-7-18(8-6-15)24-9-2-10-25-22(29)30/h1,3-8,11-14,24-25H,2,9-10H2,(H,29,30). The predicted molar refractivity (Wildman–Crippen MR) is 113 cm³/mol. The Morgan fingerprint density at radius 1 is 1.03 bits per heavy atom. The number of aromatic nitrogens is 3. The summed E-state index contributed by atoms with van der Waals surface area (Å²) in [5.41, 5.74) is 4.09. The molecule has 7 nitrogen and oxygen atoms in total. The van der Waals surface area contributed by atoms with Gasteiger partial charge >= 0.3 is 6.09 Å². The maximum Gasteiger partial charge on any atom is 0.404 e. The topological polar surface area (TPSA) is 91.5 Å². The predicted octanol–water partition coefficient (Wildman–Crippen LogP) is 4.27. The van der Waals surface area contributed by atoms with Crippen LogP contribution >= 0.6 is 0 Å². The summed E-state index contributed by atoms with van der Waals surface area (Å²) in [6.07, 6.45) is 5.00. The van der Waals surface area contributed by atoms with Crippen molar-refractivity contribution >= 4 is 17.3 Å². The van der Waals surface area contributed by atoms with E-state index in [1.54, 1.807) is 18.5 Å². The summed E-state index contributed by atoms with van der Waals surface area (Å²) in [5.74, 6) is 0.462. The summed E-state index contributed by atoms with van der Waals surface area (Å²) < 4.78 is 15.5. The van der Waals surface area contributed by atoms with E-state index < -0.39 is 6.09 Å². The maximum absolute atomic E-state index is 13.6. The lowest BCUT2D eigenvalue weighted by molar-refractivity contribution is 0.194. The molecule has 1 amide bonds. The third-order valence-electron chi connectivity index (χ3n) is 4.64. The molecule has 0 saturated heterocycles. The quantitative estimate of drug-likeness (QED) is 0.399. The van der Waals surface area contributed by atoms with E-state index in [1.165, 1.54) is 12.1 Å². The maximum atomic E-state index is 13.6. The van der Waals surface area contributed by atoms with Gasteiger partial charge in [0.15, 0.2) is 0 Å². The average Bonchev–Trinajstić information content (AvgIpc) is 3.17. The highest BCUT2D eigenvalue weighted by molar-refractivity contribution is 5.67. The molecule has 8 heteroatoms. The van der Waals surface area contributed by atoms with Gasteiger partial charge in [0.2, 0.25) is 0 Å². The van der Waals surface area contributed by atoms with E-state index in [0.29, 0.717) is 30.8 Å². The molecule has 0 saturated carbocycles. The Kier molecular flexibility index (Phi) is 5.56. The SMILES string of the molecule is O=C(O)NCCCNc1ccc(-c2ncc3cnc(-c4cccc(F)c4)cn23)cc1. The van der Waals surface area contributed by atoms with Gasteiger partial charge in [-0.2, -0.15) is 0 Å². The van der Waals surface area contributed by atoms with Crippen LogP contribution in [0.5, 0.6) is 0 Å². The zero-order valence-corrected chi connectivity index (χ0v) is 16.0. The van der Waals surface area contributed by atoms with Gasteiger partial charge in [0, 0.05) is 36.1 Å². The van der Waals surface area contributed by atoms with E-state index in [0.717, 1.165) is 22.6 Å². The first-order valence-corrected chi connectivity index (χ1v) is 9.50. The van der Waals surface area contributed by atoms with Crippen LogP contribution in [0.1, 0.15) is 6.42 Å². The number of amides is 1. The van der Waals surface area contributed by atoms with Crippen LogP contribution in [0.15, 0.2) is 67.1 Å². The fourth-order valence-corrected chi connectivity index (χ4v) is 3.16. The molecule has 152 valence electrons. The number of carbonyl (C=O) groups is 1. The monoisotopic (exact) mass is 405 g/mol. The Hall–Kier alpha value is -3.94. The molecule has 4 aromatic rings. The minimum absolute atomic E-state index is 0.304. The number of anilines is 1. The number of fused-ring (bicyclic) bond motifs is 1. The number of imidazole rings is 1. The number of nitrogens with one attached hydrogen (secondary N) is 2. The Labute approximate surface area is 172 Å². The van der Waals surface area contributed by atoms with Crippen LogP contribution < -0.4 is 10.6 Å². The Morgan fingerprint density at radius 2 is 1.83 bits per heavy atom. The third-order valence-corrected chi connectivity index (χ3v) is 4.64. The lowest BCUT2D eigenvalue weighted by Gasteiger charge is -2.08. The molecule has 2 aromatic carbocycles. The average molecular weight is 405 g/mol. The molecule has 0 spiro atoms. The first-order valence-electron chi connectivity index (χ1n) is 9.50. The summed E-state index contributed by atoms with van der Waals surface area (Å²) in [7, 11) is 0. The first kappa shape index (κ1) is 19.4. The van der Waals surface area contributed by atoms with Gasteiger partial charge in [0.25, 0.3) is 0 Å². The van der Waals surface area contributed by atoms with Crippen LogP contribution in [0.3, 0.4) is 0 Å². The number of rotatable bonds is 7. The molecule has 4 rings (SSSR count). The molecule has 3 N–H and O–H groups in total. The van der Waals surface area contributed by atoms with E-state index in [2.05, 4.69) is 20.6 Å². The van der Waals surface area contributed by atoms with Crippen LogP contribution in [0.25, 0.3) is 28.2 Å². The highest BCUT2D eigenvalue weighted by Crippen LogP contribution is 2.24. The smallest absolute Gasteiger partial charge is 0.404 e. The van der Waals surface area contributed by atoms with Crippen molar-refractivity contribution in [3.63, 3.8) is 0 Å². The number of nitrogens with zero attached hydrogens (tertiary/aromatic N) is 3. The van der Waals surface area contributed by atoms with E-state index in [-0.39, 0.29) is 5.82 Å². The van der Waals surface area contributed by atoms with Crippen LogP contribution in [-0.4, -0.2) is 38.7 Å². The number of hydrogen-bond donors (Lipinski definition) is 3. The van der Waals surface area contributed by atoms with Crippen molar-refractivity contribution in [3.05, 3.63) is 72.9 Å². The van der Waals surface area contributed by atoms with Gasteiger partial charge in [0.05, 0.1) is 23.6 Å². The number of benzene rings is 2. The van der Waals surface area contributed by atoms with Gasteiger partial charge in [0.1, 0.15) is 11.6 Å². The molecule has 0 unspecified atom stereocenters. The number of hydrogen-bond acceptors (Lipinski definition) is 4. The Morgan fingerprint density at radius 3 is 2.60 bits per heavy atom. The number of carboxylic acid groups (broad SMARTS) is 1. The van der Waals surface area contributed by atoms with Crippen molar-refractivity contribution in [2.24, 2.45) is 0 Å². The van der Waals surface area contributed by atoms with Crippen molar-refractivity contribution in [1.82, 2.24) is 19.7 Å². The molecule has 0 atom stereocenters. The van der Waals surface area contributed by atoms with Gasteiger partial charge in [-0.1, -0.05) is 12.1 Å². The molecule has 0 fully saturated rings. The van der Waals surface area contributed by atoms with Crippen LogP contribution in [-0.2, 0) is 0 Å². The van der Waals surface area contributed by atoms with E-state index in [9.17, 15) is 9.18 Å². The zero-order chi connectivity index (χ0) is 20.9. The van der Waals surface area contributed by atoms with Gasteiger partial charge in [-0.05, 0) is 42.8 Å². The van der Waals surface area contributed by atoms with Crippen molar-refractivity contribution in [2.45, 2.75) is 6.42 Å². The molecule has 0 radical (unpaired) electrons. The summed E-state index contributed by atoms with van der Waals surface area (Å²) in [4.78, 5) is 19.4. The van der Waals surface area contributed by atoms with Crippen molar-refractivity contribution < 1.29 is 14.3 Å². The summed E-state index contributed by atoms with van der Waals surface area (Å²) in [6, 6.07) is 14.2. The van der Waals surface area contributed by atoms with Gasteiger partial charge in [-0.25, -0.2) is 14.2 Å². The fourth-order valence-electron chi connectivity index (χ4n) is 3.16. The van der Waals surface area contributed by atoms with Crippen molar-refractivity contribution in [3.8, 4) is 22.6 Å². The molecule has 2 heterocycles. The second-order valence-corrected chi connectivity index (χ2v) is 6.75. The van der Waals surface area contributed by atoms with Gasteiger partial charge in [-0.3, -0.25) is 9.38 Å². The van der Waals surface area contributed by atoms with Crippen molar-refractivity contribution in [1.29, 1.82) is 0 Å². The molecule has 0 aliphatic carbocycles. The number of halogens is 1. The van der Waals surface area contributed by atoms with Crippen LogP contribution in [0.4, 0.5) is 14.9 Å². The molecule has 2 aromatic heterocycles. The Bertz CT molecular complexity index is 1170. The van der Waals surface area contributed by atoms with Crippen molar-refractivity contribution in [2.75, 3.05) is 18.4 Å². The summed E-state index contributed by atoms with van der Waals surface area (Å²) >= 11 is 0. The molecular weight excluding hydrogens is 385 g/mol. The second-order valence-electron chi connectivity index (χ2n) is 6.75. The zero-order valence-electron chi connectivity index (χ0n) is 16.0. The minimum Gasteiger partial charge on any atom is -0.465 e. The van der Waals surface area contributed by atoms with Crippen LogP contribution in [0.2, 0.25) is 0 Å². The normalized spacial score (nSPS) is 10.8. The highest BCUT2D eigenvalue weighted by atomic mass is 19.1. The minimum atomic E-state index is -1.01. The third kappa shape index (κ3) is 4.38. The second kappa shape index (κ2) is 8.60. The largest absolute Gasteiger partial charge is 0.465 e. The van der Waals surface area contributed by atoms with Gasteiger partial charge in [-0.15, -0.1) is 0 Å². The molecular formula is C22H20FN5O2. The van der Waals surface area contributed by atoms with Crippen LogP contribution in [0, 0.1) is 5.82 Å². The van der Waals surface area contributed by atoms with E-state index in [1.807, 2.05) is 40.9 Å². The summed E-state index contributed by atoms with van der Waals surface area (Å²) in [6.45, 7) is 1.07. The highest BCUT2D eigenvalue weighted by Gasteiger charge is 2.09. The Balaban J connectivity index is 1.51. The lowest BCUT2D eigenvalue weighted by atomic mass is 10.1. The fraction of sp³-hybridized carbons (Fsp3) is 0.136. The van der Waals surface area contributed by atoms with E-state index in [4.69, 9.17) is 5.11 Å². The molecule has 0 aliphatic rings. The molecule has 0 aliphatic heterocycles. The summed E-state index contributed by atoms with van der Waals surface area (Å²) in [5, 5.41) is 14.2. The first-order chi connectivity index (χ1) is 14.6. The van der Waals surface area contributed by atoms with Gasteiger partial charge < -0.3 is 15.7 Å². The lowest BCUT2D eigenvalue weighted by Crippen LogP contribution is -2.23. The van der Waals surface area contributed by atoms with E-state index >= 15 is 0 Å².